The minimum atomic E-state index is -1.42. The third-order valence-corrected chi connectivity index (χ3v) is 3.76. The Balaban J connectivity index is 2.34. The van der Waals surface area contributed by atoms with Gasteiger partial charge in [0.2, 0.25) is 0 Å². The molecule has 0 aliphatic carbocycles. The average molecular weight is 263 g/mol. The van der Waals surface area contributed by atoms with E-state index in [1.165, 1.54) is 0 Å². The highest BCUT2D eigenvalue weighted by molar-refractivity contribution is 7.85. The van der Waals surface area contributed by atoms with E-state index in [9.17, 15) is 13.4 Å². The maximum Gasteiger partial charge on any atom is 0.351 e. The minimum Gasteiger partial charge on any atom is -0.393 e. The quantitative estimate of drug-likeness (QED) is 0.676. The van der Waals surface area contributed by atoms with Crippen LogP contribution in [0.3, 0.4) is 0 Å². The van der Waals surface area contributed by atoms with Crippen LogP contribution < -0.4 is 11.4 Å². The molecule has 3 N–H and O–H groups in total. The van der Waals surface area contributed by atoms with Gasteiger partial charge in [0.25, 0.3) is 0 Å². The standard InChI is InChI=1S/C8H10FN3O4S/c9-4-1-12(8(14)11-7(4)10)5-3-17(15)6(2-13)16-5/h1,5-6,13H,2-3H2,(H2,10,11,14)/t5-,6+,17+/m0/s1. The molecule has 94 valence electrons. The predicted octanol–water partition coefficient (Wildman–Crippen LogP) is -1.44. The predicted molar refractivity (Wildman–Crippen MR) is 56.9 cm³/mol. The van der Waals surface area contributed by atoms with Crippen molar-refractivity contribution in [2.75, 3.05) is 18.1 Å². The number of ether oxygens (including phenoxy) is 1. The second kappa shape index (κ2) is 4.51. The zero-order chi connectivity index (χ0) is 12.6. The van der Waals surface area contributed by atoms with Gasteiger partial charge in [0.1, 0.15) is 0 Å². The molecule has 0 unspecified atom stereocenters. The fraction of sp³-hybridized carbons (Fsp3) is 0.500. The molecule has 1 saturated heterocycles. The summed E-state index contributed by atoms with van der Waals surface area (Å²) in [5.41, 5.74) is 3.47. The number of hydrogen-bond acceptors (Lipinski definition) is 6. The lowest BCUT2D eigenvalue weighted by molar-refractivity contribution is -0.00750. The molecule has 17 heavy (non-hydrogen) atoms. The van der Waals surface area contributed by atoms with Crippen molar-refractivity contribution in [3.05, 3.63) is 22.5 Å². The van der Waals surface area contributed by atoms with Crippen LogP contribution in [0.4, 0.5) is 10.2 Å². The van der Waals surface area contributed by atoms with Crippen LogP contribution in [-0.4, -0.2) is 36.7 Å². The van der Waals surface area contributed by atoms with Crippen molar-refractivity contribution in [1.82, 2.24) is 9.55 Å². The van der Waals surface area contributed by atoms with E-state index >= 15 is 0 Å². The Bertz CT molecular complexity index is 520. The first-order valence-electron chi connectivity index (χ1n) is 4.70. The first kappa shape index (κ1) is 12.1. The van der Waals surface area contributed by atoms with Gasteiger partial charge in [-0.3, -0.25) is 8.78 Å². The van der Waals surface area contributed by atoms with E-state index in [0.29, 0.717) is 0 Å². The molecule has 0 bridgehead atoms. The van der Waals surface area contributed by atoms with Crippen molar-refractivity contribution >= 4 is 16.6 Å². The number of nitrogen functional groups attached to an aromatic ring is 1. The largest absolute Gasteiger partial charge is 0.393 e. The topological polar surface area (TPSA) is 107 Å². The summed E-state index contributed by atoms with van der Waals surface area (Å²) in [5.74, 6) is -1.36. The van der Waals surface area contributed by atoms with Crippen molar-refractivity contribution in [2.45, 2.75) is 11.7 Å². The summed E-state index contributed by atoms with van der Waals surface area (Å²) in [4.78, 5) is 14.7. The highest BCUT2D eigenvalue weighted by atomic mass is 32.2. The van der Waals surface area contributed by atoms with E-state index in [2.05, 4.69) is 4.98 Å². The summed E-state index contributed by atoms with van der Waals surface area (Å²) in [6, 6.07) is 0. The van der Waals surface area contributed by atoms with Crippen LogP contribution >= 0.6 is 0 Å². The fourth-order valence-corrected chi connectivity index (χ4v) is 2.61. The van der Waals surface area contributed by atoms with E-state index in [4.69, 9.17) is 15.6 Å². The summed E-state index contributed by atoms with van der Waals surface area (Å²) in [7, 11) is -1.42. The number of nitrogens with zero attached hydrogens (tertiary/aromatic N) is 2. The van der Waals surface area contributed by atoms with Gasteiger partial charge in [-0.1, -0.05) is 0 Å². The molecule has 2 rings (SSSR count). The van der Waals surface area contributed by atoms with Crippen molar-refractivity contribution < 1.29 is 18.4 Å². The van der Waals surface area contributed by atoms with Gasteiger partial charge < -0.3 is 15.6 Å². The number of aliphatic hydroxyl groups is 1. The van der Waals surface area contributed by atoms with Gasteiger partial charge in [-0.15, -0.1) is 0 Å². The molecule has 2 heterocycles. The monoisotopic (exact) mass is 263 g/mol. The Kier molecular flexibility index (Phi) is 3.22. The molecule has 1 aromatic heterocycles. The van der Waals surface area contributed by atoms with Gasteiger partial charge in [-0.05, 0) is 0 Å². The van der Waals surface area contributed by atoms with Gasteiger partial charge in [0, 0.05) is 0 Å². The minimum absolute atomic E-state index is 0.00380. The zero-order valence-electron chi connectivity index (χ0n) is 8.58. The summed E-state index contributed by atoms with van der Waals surface area (Å²) < 4.78 is 30.6. The van der Waals surface area contributed by atoms with Crippen LogP contribution in [0.1, 0.15) is 6.23 Å². The van der Waals surface area contributed by atoms with Crippen LogP contribution in [0.2, 0.25) is 0 Å². The normalized spacial score (nSPS) is 28.5. The SMILES string of the molecule is Nc1nc(=O)n([C@@H]2C[S@@](=O)[C@H](CO)O2)cc1F. The van der Waals surface area contributed by atoms with Gasteiger partial charge >= 0.3 is 5.69 Å². The second-order valence-electron chi connectivity index (χ2n) is 3.41. The Hall–Kier alpha value is -1.32. The van der Waals surface area contributed by atoms with Crippen LogP contribution in [0.5, 0.6) is 0 Å². The van der Waals surface area contributed by atoms with E-state index < -0.39 is 46.4 Å². The Morgan fingerprint density at radius 3 is 3.06 bits per heavy atom. The third kappa shape index (κ3) is 2.21. The number of halogens is 1. The van der Waals surface area contributed by atoms with Gasteiger partial charge in [-0.25, -0.2) is 9.18 Å². The van der Waals surface area contributed by atoms with Crippen LogP contribution in [-0.2, 0) is 15.5 Å². The number of hydrogen-bond donors (Lipinski definition) is 2. The molecule has 0 radical (unpaired) electrons. The van der Waals surface area contributed by atoms with Gasteiger partial charge in [0.05, 0.1) is 29.4 Å². The molecule has 1 aliphatic heterocycles. The highest BCUT2D eigenvalue weighted by Gasteiger charge is 2.33. The molecule has 0 saturated carbocycles. The van der Waals surface area contributed by atoms with Crippen molar-refractivity contribution in [1.29, 1.82) is 0 Å². The lowest BCUT2D eigenvalue weighted by Gasteiger charge is -2.13. The summed E-state index contributed by atoms with van der Waals surface area (Å²) in [6.07, 6.45) is -0.0465. The molecule has 3 atom stereocenters. The number of aliphatic hydroxyl groups excluding tert-OH is 1. The molecular weight excluding hydrogens is 253 g/mol. The van der Waals surface area contributed by atoms with Gasteiger partial charge in [-0.2, -0.15) is 4.98 Å². The van der Waals surface area contributed by atoms with Crippen LogP contribution in [0.15, 0.2) is 11.0 Å². The lowest BCUT2D eigenvalue weighted by atomic mass is 10.5. The van der Waals surface area contributed by atoms with E-state index in [-0.39, 0.29) is 5.75 Å². The second-order valence-corrected chi connectivity index (χ2v) is 5.03. The van der Waals surface area contributed by atoms with E-state index in [1.807, 2.05) is 0 Å². The summed E-state index contributed by atoms with van der Waals surface area (Å²) in [6.45, 7) is -0.428. The molecule has 1 aromatic rings. The van der Waals surface area contributed by atoms with Crippen molar-refractivity contribution in [2.24, 2.45) is 0 Å². The lowest BCUT2D eigenvalue weighted by Crippen LogP contribution is -2.29. The van der Waals surface area contributed by atoms with Crippen molar-refractivity contribution in [3.8, 4) is 0 Å². The molecule has 7 nitrogen and oxygen atoms in total. The molecule has 0 amide bonds. The Morgan fingerprint density at radius 2 is 2.47 bits per heavy atom. The number of anilines is 1. The fourth-order valence-electron chi connectivity index (χ4n) is 1.46. The summed E-state index contributed by atoms with van der Waals surface area (Å²) >= 11 is 0. The van der Waals surface area contributed by atoms with E-state index in [0.717, 1.165) is 10.8 Å². The first-order chi connectivity index (χ1) is 8.02. The molecule has 1 aliphatic rings. The van der Waals surface area contributed by atoms with Crippen LogP contribution in [0, 0.1) is 5.82 Å². The first-order valence-corrected chi connectivity index (χ1v) is 6.08. The Morgan fingerprint density at radius 1 is 1.76 bits per heavy atom. The van der Waals surface area contributed by atoms with Crippen LogP contribution in [0.25, 0.3) is 0 Å². The molecule has 0 spiro atoms. The van der Waals surface area contributed by atoms with Crippen molar-refractivity contribution in [3.63, 3.8) is 0 Å². The molecule has 0 aromatic carbocycles. The smallest absolute Gasteiger partial charge is 0.351 e. The highest BCUT2D eigenvalue weighted by Crippen LogP contribution is 2.22. The summed E-state index contributed by atoms with van der Waals surface area (Å²) in [5, 5.41) is 8.85. The maximum absolute atomic E-state index is 13.2. The average Bonchev–Trinajstić information content (AvgIpc) is 2.65. The maximum atomic E-state index is 13.2. The third-order valence-electron chi connectivity index (χ3n) is 2.30. The molecular formula is C8H10FN3O4S. The number of nitrogens with two attached hydrogens (primary N) is 1. The zero-order valence-corrected chi connectivity index (χ0v) is 9.39. The van der Waals surface area contributed by atoms with E-state index in [1.54, 1.807) is 0 Å². The molecule has 1 fully saturated rings. The number of rotatable bonds is 2. The van der Waals surface area contributed by atoms with Gasteiger partial charge in [0.15, 0.2) is 23.3 Å². The Labute approximate surface area is 97.5 Å². The molecule has 9 heteroatoms. The number of aromatic nitrogens is 2.